The van der Waals surface area contributed by atoms with E-state index < -0.39 is 17.7 Å². The summed E-state index contributed by atoms with van der Waals surface area (Å²) in [5, 5.41) is 16.1. The van der Waals surface area contributed by atoms with Crippen molar-refractivity contribution in [3.8, 4) is 0 Å². The number of nitrogens with one attached hydrogen (secondary N) is 2. The predicted octanol–water partition coefficient (Wildman–Crippen LogP) is 3.28. The van der Waals surface area contributed by atoms with Gasteiger partial charge in [0.25, 0.3) is 0 Å². The Labute approximate surface area is 200 Å². The summed E-state index contributed by atoms with van der Waals surface area (Å²) in [5.74, 6) is -0.596. The highest BCUT2D eigenvalue weighted by molar-refractivity contribution is 5.77. The number of hydrogen-bond acceptors (Lipinski definition) is 7. The third kappa shape index (κ3) is 4.97. The molecular weight excluding hydrogens is 458 g/mol. The minimum absolute atomic E-state index is 0.0748. The Balaban J connectivity index is 1.48. The van der Waals surface area contributed by atoms with Crippen LogP contribution in [0.5, 0.6) is 0 Å². The third-order valence-electron chi connectivity index (χ3n) is 6.78. The van der Waals surface area contributed by atoms with Gasteiger partial charge in [0, 0.05) is 31.2 Å². The van der Waals surface area contributed by atoms with Crippen LogP contribution in [0.2, 0.25) is 0 Å². The highest BCUT2D eigenvalue weighted by Gasteiger charge is 2.28. The molecule has 5 N–H and O–H groups in total. The van der Waals surface area contributed by atoms with Gasteiger partial charge in [-0.05, 0) is 50.7 Å². The number of aromatic nitrogens is 4. The smallest absolute Gasteiger partial charge is 0.314 e. The van der Waals surface area contributed by atoms with Crippen molar-refractivity contribution >= 4 is 34.8 Å². The third-order valence-corrected chi connectivity index (χ3v) is 6.78. The van der Waals surface area contributed by atoms with E-state index in [4.69, 9.17) is 10.7 Å². The topological polar surface area (TPSA) is 134 Å². The zero-order chi connectivity index (χ0) is 24.5. The van der Waals surface area contributed by atoms with Gasteiger partial charge in [-0.2, -0.15) is 4.98 Å². The van der Waals surface area contributed by atoms with Gasteiger partial charge in [0.1, 0.15) is 17.2 Å². The molecule has 2 aliphatic rings. The number of anilines is 3. The van der Waals surface area contributed by atoms with Crippen molar-refractivity contribution in [3.05, 3.63) is 36.0 Å². The van der Waals surface area contributed by atoms with Crippen molar-refractivity contribution < 1.29 is 18.7 Å². The van der Waals surface area contributed by atoms with Crippen LogP contribution in [0.4, 0.5) is 31.2 Å². The van der Waals surface area contributed by atoms with E-state index >= 15 is 0 Å². The maximum absolute atomic E-state index is 14.4. The number of likely N-dealkylation sites (tertiary alicyclic amines) is 1. The van der Waals surface area contributed by atoms with Crippen molar-refractivity contribution in [1.82, 2.24) is 24.4 Å². The van der Waals surface area contributed by atoms with Gasteiger partial charge in [-0.3, -0.25) is 4.57 Å². The van der Waals surface area contributed by atoms with Crippen molar-refractivity contribution in [1.29, 1.82) is 0 Å². The molecule has 2 amide bonds. The van der Waals surface area contributed by atoms with Gasteiger partial charge in [0.05, 0.1) is 18.0 Å². The first-order chi connectivity index (χ1) is 16.9. The fraction of sp³-hybridized carbons (Fsp3) is 0.478. The highest BCUT2D eigenvalue weighted by atomic mass is 19.1. The molecule has 1 saturated heterocycles. The van der Waals surface area contributed by atoms with Gasteiger partial charge < -0.3 is 26.4 Å². The Morgan fingerprint density at radius 2 is 1.83 bits per heavy atom. The SMILES string of the molecule is NC(=O)N1CCC(n2c(Nc3ccc(F)cc3F)nc3cnc(N[C@H]4CC[C@H](O)CC4)nc32)CC1. The van der Waals surface area contributed by atoms with E-state index in [-0.39, 0.29) is 23.9 Å². The molecule has 35 heavy (non-hydrogen) atoms. The minimum Gasteiger partial charge on any atom is -0.393 e. The lowest BCUT2D eigenvalue weighted by molar-refractivity contribution is 0.126. The van der Waals surface area contributed by atoms with Crippen LogP contribution in [0, 0.1) is 11.6 Å². The molecule has 186 valence electrons. The number of halogens is 2. The fourth-order valence-electron chi connectivity index (χ4n) is 4.85. The fourth-order valence-corrected chi connectivity index (χ4v) is 4.85. The second kappa shape index (κ2) is 9.61. The van der Waals surface area contributed by atoms with Gasteiger partial charge in [0.15, 0.2) is 5.65 Å². The number of carbonyl (C=O) groups is 1. The summed E-state index contributed by atoms with van der Waals surface area (Å²) in [4.78, 5) is 26.9. The van der Waals surface area contributed by atoms with Crippen LogP contribution in [0.3, 0.4) is 0 Å². The van der Waals surface area contributed by atoms with Crippen LogP contribution in [0.1, 0.15) is 44.6 Å². The molecule has 1 aromatic carbocycles. The second-order valence-corrected chi connectivity index (χ2v) is 9.16. The zero-order valence-corrected chi connectivity index (χ0v) is 19.1. The Hall–Kier alpha value is -3.54. The summed E-state index contributed by atoms with van der Waals surface area (Å²) in [7, 11) is 0. The van der Waals surface area contributed by atoms with E-state index in [2.05, 4.69) is 20.6 Å². The molecular formula is C23H28F2N8O2. The van der Waals surface area contributed by atoms with Crippen molar-refractivity contribution in [2.45, 2.75) is 56.7 Å². The summed E-state index contributed by atoms with van der Waals surface area (Å²) in [6, 6.07) is 2.93. The molecule has 0 unspecified atom stereocenters. The summed E-state index contributed by atoms with van der Waals surface area (Å²) < 4.78 is 29.7. The molecule has 3 aromatic rings. The Kier molecular flexibility index (Phi) is 6.37. The average Bonchev–Trinajstić information content (AvgIpc) is 3.19. The largest absolute Gasteiger partial charge is 0.393 e. The standard InChI is InChI=1S/C23H28F2N8O2/c24-13-1-6-18(17(25)11-13)29-23-30-19-12-27-22(28-14-2-4-16(34)5-3-14)31-20(19)33(23)15-7-9-32(10-8-15)21(26)35/h1,6,11-12,14-16,34H,2-5,7-10H2,(H2,26,35)(H,29,30)(H,27,28,31)/t14-,16-. The normalized spacial score (nSPS) is 21.3. The van der Waals surface area contributed by atoms with E-state index in [1.165, 1.54) is 12.1 Å². The molecule has 10 nitrogen and oxygen atoms in total. The number of nitrogens with two attached hydrogens (primary N) is 1. The first-order valence-corrected chi connectivity index (χ1v) is 11.8. The molecule has 1 aliphatic heterocycles. The number of fused-ring (bicyclic) bond motifs is 1. The molecule has 12 heteroatoms. The molecule has 0 atom stereocenters. The quantitative estimate of drug-likeness (QED) is 0.435. The van der Waals surface area contributed by atoms with Crippen molar-refractivity contribution in [2.24, 2.45) is 5.73 Å². The van der Waals surface area contributed by atoms with Crippen molar-refractivity contribution in [2.75, 3.05) is 23.7 Å². The van der Waals surface area contributed by atoms with Gasteiger partial charge >= 0.3 is 6.03 Å². The number of primary amides is 1. The number of nitrogens with zero attached hydrogens (tertiary/aromatic N) is 5. The molecule has 3 heterocycles. The van der Waals surface area contributed by atoms with Crippen LogP contribution in [-0.4, -0.2) is 60.8 Å². The number of piperidine rings is 1. The Morgan fingerprint density at radius 1 is 1.09 bits per heavy atom. The lowest BCUT2D eigenvalue weighted by atomic mass is 9.93. The molecule has 0 spiro atoms. The number of amides is 2. The highest BCUT2D eigenvalue weighted by Crippen LogP contribution is 2.33. The number of aliphatic hydroxyl groups excluding tert-OH is 1. The number of rotatable bonds is 5. The van der Waals surface area contributed by atoms with Gasteiger partial charge in [-0.1, -0.05) is 0 Å². The maximum atomic E-state index is 14.4. The predicted molar refractivity (Wildman–Crippen MR) is 126 cm³/mol. The summed E-state index contributed by atoms with van der Waals surface area (Å²) >= 11 is 0. The zero-order valence-electron chi connectivity index (χ0n) is 19.1. The van der Waals surface area contributed by atoms with Crippen LogP contribution in [-0.2, 0) is 0 Å². The molecule has 2 fully saturated rings. The first-order valence-electron chi connectivity index (χ1n) is 11.8. The Morgan fingerprint density at radius 3 is 2.51 bits per heavy atom. The lowest BCUT2D eigenvalue weighted by Gasteiger charge is -2.32. The number of imidazole rings is 1. The first kappa shape index (κ1) is 23.2. The molecule has 1 saturated carbocycles. The molecule has 1 aliphatic carbocycles. The molecule has 0 radical (unpaired) electrons. The van der Waals surface area contributed by atoms with Gasteiger partial charge in [-0.15, -0.1) is 0 Å². The molecule has 5 rings (SSSR count). The maximum Gasteiger partial charge on any atom is 0.314 e. The van der Waals surface area contributed by atoms with Crippen LogP contribution in [0.15, 0.2) is 24.4 Å². The van der Waals surface area contributed by atoms with Gasteiger partial charge in [0.2, 0.25) is 11.9 Å². The van der Waals surface area contributed by atoms with Crippen molar-refractivity contribution in [3.63, 3.8) is 0 Å². The number of carbonyl (C=O) groups excluding carboxylic acids is 1. The number of hydrogen-bond donors (Lipinski definition) is 4. The van der Waals surface area contributed by atoms with E-state index in [0.29, 0.717) is 49.0 Å². The van der Waals surface area contributed by atoms with E-state index in [1.54, 1.807) is 11.1 Å². The van der Waals surface area contributed by atoms with E-state index in [1.807, 2.05) is 4.57 Å². The second-order valence-electron chi connectivity index (χ2n) is 9.16. The summed E-state index contributed by atoms with van der Waals surface area (Å²) in [6.45, 7) is 0.954. The number of benzene rings is 1. The van der Waals surface area contributed by atoms with Crippen LogP contribution >= 0.6 is 0 Å². The average molecular weight is 487 g/mol. The number of aliphatic hydroxyl groups is 1. The molecule has 2 aromatic heterocycles. The lowest BCUT2D eigenvalue weighted by Crippen LogP contribution is -2.42. The molecule has 0 bridgehead atoms. The minimum atomic E-state index is -0.736. The Bertz CT molecular complexity index is 1220. The number of urea groups is 1. The van der Waals surface area contributed by atoms with E-state index in [0.717, 1.165) is 31.7 Å². The van der Waals surface area contributed by atoms with Crippen LogP contribution < -0.4 is 16.4 Å². The van der Waals surface area contributed by atoms with Crippen LogP contribution in [0.25, 0.3) is 11.2 Å². The summed E-state index contributed by atoms with van der Waals surface area (Å²) in [6.07, 6.45) is 5.69. The summed E-state index contributed by atoms with van der Waals surface area (Å²) in [5.41, 5.74) is 6.62. The van der Waals surface area contributed by atoms with Gasteiger partial charge in [-0.25, -0.2) is 23.5 Å². The monoisotopic (exact) mass is 486 g/mol. The van der Waals surface area contributed by atoms with E-state index in [9.17, 15) is 18.7 Å².